The van der Waals surface area contributed by atoms with E-state index in [-0.39, 0.29) is 22.1 Å². The number of nitrogens with two attached hydrogens (primary N) is 2. The SMILES string of the molecule is CC1=C(N)C(N)(Cl)N(c2ccc(C)cc2)N1C(F)(F)F. The van der Waals surface area contributed by atoms with Gasteiger partial charge in [-0.2, -0.15) is 5.01 Å². The molecule has 0 bridgehead atoms. The van der Waals surface area contributed by atoms with Crippen molar-refractivity contribution in [3.8, 4) is 0 Å². The molecule has 1 unspecified atom stereocenters. The van der Waals surface area contributed by atoms with Crippen molar-refractivity contribution >= 4 is 17.3 Å². The molecule has 0 saturated carbocycles. The van der Waals surface area contributed by atoms with E-state index in [0.717, 1.165) is 10.6 Å². The molecule has 1 heterocycles. The van der Waals surface area contributed by atoms with E-state index in [1.54, 1.807) is 12.1 Å². The van der Waals surface area contributed by atoms with Crippen LogP contribution in [0.3, 0.4) is 0 Å². The van der Waals surface area contributed by atoms with Gasteiger partial charge in [-0.05, 0) is 26.0 Å². The normalized spacial score (nSPS) is 23.8. The lowest BCUT2D eigenvalue weighted by Gasteiger charge is -2.39. The molecule has 2 rings (SSSR count). The fourth-order valence-corrected chi connectivity index (χ4v) is 2.38. The van der Waals surface area contributed by atoms with Crippen LogP contribution in [0, 0.1) is 6.92 Å². The third-order valence-corrected chi connectivity index (χ3v) is 3.48. The Kier molecular flexibility index (Phi) is 3.30. The van der Waals surface area contributed by atoms with Crippen LogP contribution in [0.1, 0.15) is 12.5 Å². The summed E-state index contributed by atoms with van der Waals surface area (Å²) in [6.45, 7) is 3.05. The maximum absolute atomic E-state index is 13.2. The van der Waals surface area contributed by atoms with E-state index in [4.69, 9.17) is 23.1 Å². The van der Waals surface area contributed by atoms with Crippen LogP contribution in [0.5, 0.6) is 0 Å². The van der Waals surface area contributed by atoms with Gasteiger partial charge in [0.15, 0.2) is 0 Å². The van der Waals surface area contributed by atoms with Crippen molar-refractivity contribution in [3.63, 3.8) is 0 Å². The van der Waals surface area contributed by atoms with Crippen LogP contribution in [-0.2, 0) is 0 Å². The molecule has 4 N–H and O–H groups in total. The van der Waals surface area contributed by atoms with Gasteiger partial charge in [-0.1, -0.05) is 29.3 Å². The lowest BCUT2D eigenvalue weighted by molar-refractivity contribution is -0.234. The summed E-state index contributed by atoms with van der Waals surface area (Å²) in [5, 5.41) is -1.17. The molecule has 0 amide bonds. The number of alkyl halides is 4. The highest BCUT2D eigenvalue weighted by atomic mass is 35.5. The fraction of sp³-hybridized carbons (Fsp3) is 0.333. The number of nitrogens with zero attached hydrogens (tertiary/aromatic N) is 2. The Labute approximate surface area is 119 Å². The second-order valence-corrected chi connectivity index (χ2v) is 5.18. The van der Waals surface area contributed by atoms with E-state index in [0.29, 0.717) is 0 Å². The second kappa shape index (κ2) is 4.46. The molecule has 0 aliphatic carbocycles. The summed E-state index contributed by atoms with van der Waals surface area (Å²) >= 11 is 6.03. The molecule has 1 aliphatic heterocycles. The Bertz CT molecular complexity index is 551. The maximum Gasteiger partial charge on any atom is 0.503 e. The molecule has 0 aromatic heterocycles. The van der Waals surface area contributed by atoms with E-state index < -0.39 is 11.4 Å². The Balaban J connectivity index is 2.57. The number of benzene rings is 1. The first-order valence-corrected chi connectivity index (χ1v) is 6.13. The number of rotatable bonds is 1. The molecule has 0 fully saturated rings. The number of halogens is 4. The molecular formula is C12H14ClF3N4. The lowest BCUT2D eigenvalue weighted by atomic mass is 10.2. The molecule has 1 aromatic rings. The molecule has 110 valence electrons. The van der Waals surface area contributed by atoms with Crippen LogP contribution in [-0.4, -0.2) is 16.4 Å². The number of anilines is 1. The number of aryl methyl sites for hydroxylation is 1. The van der Waals surface area contributed by atoms with Crippen LogP contribution in [0.25, 0.3) is 0 Å². The van der Waals surface area contributed by atoms with E-state index >= 15 is 0 Å². The smallest absolute Gasteiger partial charge is 0.396 e. The molecule has 0 radical (unpaired) electrons. The Morgan fingerprint density at radius 3 is 2.10 bits per heavy atom. The lowest BCUT2D eigenvalue weighted by Crippen LogP contribution is -2.59. The third kappa shape index (κ3) is 2.16. The molecule has 0 spiro atoms. The van der Waals surface area contributed by atoms with E-state index in [2.05, 4.69) is 0 Å². The van der Waals surface area contributed by atoms with Crippen molar-refractivity contribution in [2.24, 2.45) is 11.5 Å². The fourth-order valence-electron chi connectivity index (χ4n) is 2.07. The Morgan fingerprint density at radius 2 is 1.65 bits per heavy atom. The molecule has 0 saturated heterocycles. The zero-order valence-corrected chi connectivity index (χ0v) is 11.6. The van der Waals surface area contributed by atoms with Gasteiger partial charge in [0.1, 0.15) is 0 Å². The van der Waals surface area contributed by atoms with Gasteiger partial charge in [-0.25, -0.2) is 5.01 Å². The first kappa shape index (κ1) is 14.8. The topological polar surface area (TPSA) is 58.5 Å². The van der Waals surface area contributed by atoms with Crippen molar-refractivity contribution < 1.29 is 13.2 Å². The summed E-state index contributed by atoms with van der Waals surface area (Å²) in [7, 11) is 0. The van der Waals surface area contributed by atoms with Gasteiger partial charge >= 0.3 is 6.30 Å². The maximum atomic E-state index is 13.2. The summed E-state index contributed by atoms with van der Waals surface area (Å²) in [4.78, 5) is 0. The highest BCUT2D eigenvalue weighted by Gasteiger charge is 2.55. The van der Waals surface area contributed by atoms with Gasteiger partial charge in [-0.3, -0.25) is 5.73 Å². The molecule has 1 aliphatic rings. The van der Waals surface area contributed by atoms with Crippen molar-refractivity contribution in [2.45, 2.75) is 25.3 Å². The van der Waals surface area contributed by atoms with Gasteiger partial charge in [0.25, 0.3) is 0 Å². The quantitative estimate of drug-likeness (QED) is 0.618. The van der Waals surface area contributed by atoms with E-state index in [1.165, 1.54) is 19.1 Å². The van der Waals surface area contributed by atoms with Gasteiger partial charge in [0.05, 0.1) is 17.1 Å². The molecular weight excluding hydrogens is 293 g/mol. The summed E-state index contributed by atoms with van der Waals surface area (Å²) in [6, 6.07) is 6.34. The summed E-state index contributed by atoms with van der Waals surface area (Å²) in [5.74, 6) is 0. The van der Waals surface area contributed by atoms with Gasteiger partial charge < -0.3 is 5.73 Å². The zero-order valence-electron chi connectivity index (χ0n) is 10.9. The molecule has 20 heavy (non-hydrogen) atoms. The average molecular weight is 307 g/mol. The van der Waals surface area contributed by atoms with Crippen molar-refractivity contribution in [1.29, 1.82) is 0 Å². The van der Waals surface area contributed by atoms with Crippen LogP contribution in [0.2, 0.25) is 0 Å². The van der Waals surface area contributed by atoms with Crippen molar-refractivity contribution in [2.75, 3.05) is 5.01 Å². The van der Waals surface area contributed by atoms with Crippen LogP contribution < -0.4 is 16.5 Å². The van der Waals surface area contributed by atoms with Crippen LogP contribution in [0.4, 0.5) is 18.9 Å². The zero-order chi connectivity index (χ0) is 15.3. The Morgan fingerprint density at radius 1 is 1.15 bits per heavy atom. The second-order valence-electron chi connectivity index (χ2n) is 4.60. The summed E-state index contributed by atoms with van der Waals surface area (Å²) < 4.78 is 39.7. The minimum absolute atomic E-state index is 0.0556. The van der Waals surface area contributed by atoms with Gasteiger partial charge in [0, 0.05) is 0 Å². The first-order valence-electron chi connectivity index (χ1n) is 5.75. The predicted molar refractivity (Wildman–Crippen MR) is 71.2 cm³/mol. The van der Waals surface area contributed by atoms with Crippen LogP contribution in [0.15, 0.2) is 35.7 Å². The highest BCUT2D eigenvalue weighted by molar-refractivity contribution is 6.27. The predicted octanol–water partition coefficient (Wildman–Crippen LogP) is 2.59. The molecule has 8 heteroatoms. The molecule has 4 nitrogen and oxygen atoms in total. The van der Waals surface area contributed by atoms with E-state index in [1.807, 2.05) is 6.92 Å². The minimum atomic E-state index is -4.68. The summed E-state index contributed by atoms with van der Waals surface area (Å²) in [5.41, 5.74) is 12.0. The average Bonchev–Trinajstić information content (AvgIpc) is 2.50. The number of hydrogen-bond acceptors (Lipinski definition) is 4. The number of hydrazine groups is 1. The van der Waals surface area contributed by atoms with E-state index in [9.17, 15) is 13.2 Å². The van der Waals surface area contributed by atoms with Gasteiger partial charge in [-0.15, -0.1) is 13.2 Å². The first-order chi connectivity index (χ1) is 9.06. The molecule has 1 aromatic carbocycles. The molecule has 1 atom stereocenters. The van der Waals surface area contributed by atoms with Crippen LogP contribution >= 0.6 is 11.6 Å². The standard InChI is InChI=1S/C12H14ClF3N4/c1-7-3-5-9(6-4-7)20-11(13,18)10(17)8(2)19(20)12(14,15)16/h3-6H,17-18H2,1-2H3. The largest absolute Gasteiger partial charge is 0.503 e. The summed E-state index contributed by atoms with van der Waals surface area (Å²) in [6.07, 6.45) is -4.68. The van der Waals surface area contributed by atoms with Crippen molar-refractivity contribution in [3.05, 3.63) is 41.2 Å². The highest BCUT2D eigenvalue weighted by Crippen LogP contribution is 2.43. The number of allylic oxidation sites excluding steroid dienone is 1. The monoisotopic (exact) mass is 306 g/mol. The minimum Gasteiger partial charge on any atom is -0.396 e. The third-order valence-electron chi connectivity index (χ3n) is 3.11. The number of hydrogen-bond donors (Lipinski definition) is 2. The Hall–Kier alpha value is -1.60. The van der Waals surface area contributed by atoms with Gasteiger partial charge in [0.2, 0.25) is 5.12 Å². The van der Waals surface area contributed by atoms with Crippen molar-refractivity contribution in [1.82, 2.24) is 5.01 Å².